The lowest BCUT2D eigenvalue weighted by atomic mass is 10.1. The molecule has 2 aromatic rings. The Morgan fingerprint density at radius 3 is 2.45 bits per heavy atom. The van der Waals surface area contributed by atoms with Gasteiger partial charge in [-0.15, -0.1) is 0 Å². The van der Waals surface area contributed by atoms with Gasteiger partial charge in [-0.05, 0) is 46.6 Å². The van der Waals surface area contributed by atoms with Crippen LogP contribution in [-0.4, -0.2) is 29.9 Å². The molecule has 0 aliphatic carbocycles. The van der Waals surface area contributed by atoms with Crippen LogP contribution in [0.15, 0.2) is 34.9 Å². The maximum atomic E-state index is 13.4. The van der Waals surface area contributed by atoms with E-state index in [1.807, 2.05) is 0 Å². The summed E-state index contributed by atoms with van der Waals surface area (Å²) in [5.41, 5.74) is 1.17. The molecule has 2 amide bonds. The standard InChI is InChI=1S/C15H15BrFN3O2/c1-9-2-3-10(6-12(9)17)14(21)18-4-5-19-15(22)13-7-11(16)8-20-13/h2-3,6-8,20H,4-5H2,1H3,(H,18,21)(H,19,22). The Balaban J connectivity index is 1.77. The van der Waals surface area contributed by atoms with Gasteiger partial charge >= 0.3 is 0 Å². The number of carbonyl (C=O) groups is 2. The van der Waals surface area contributed by atoms with E-state index in [2.05, 4.69) is 31.5 Å². The fourth-order valence-corrected chi connectivity index (χ4v) is 2.13. The first-order valence-corrected chi connectivity index (χ1v) is 7.43. The van der Waals surface area contributed by atoms with Gasteiger partial charge in [-0.3, -0.25) is 9.59 Å². The fraction of sp³-hybridized carbons (Fsp3) is 0.200. The SMILES string of the molecule is Cc1ccc(C(=O)NCCNC(=O)c2cc(Br)c[nH]2)cc1F. The molecule has 0 fully saturated rings. The van der Waals surface area contributed by atoms with Crippen molar-refractivity contribution in [3.8, 4) is 0 Å². The van der Waals surface area contributed by atoms with Gasteiger partial charge in [0.1, 0.15) is 11.5 Å². The van der Waals surface area contributed by atoms with Gasteiger partial charge in [-0.2, -0.15) is 0 Å². The second kappa shape index (κ2) is 7.22. The van der Waals surface area contributed by atoms with Crippen molar-refractivity contribution in [1.29, 1.82) is 0 Å². The number of amides is 2. The van der Waals surface area contributed by atoms with Crippen molar-refractivity contribution in [2.75, 3.05) is 13.1 Å². The lowest BCUT2D eigenvalue weighted by molar-refractivity contribution is 0.0925. The highest BCUT2D eigenvalue weighted by Gasteiger charge is 2.09. The third kappa shape index (κ3) is 4.17. The molecule has 0 spiro atoms. The van der Waals surface area contributed by atoms with E-state index in [1.165, 1.54) is 6.07 Å². The minimum absolute atomic E-state index is 0.252. The van der Waals surface area contributed by atoms with Crippen LogP contribution < -0.4 is 10.6 Å². The number of H-pyrrole nitrogens is 1. The third-order valence-corrected chi connectivity index (χ3v) is 3.48. The zero-order valence-electron chi connectivity index (χ0n) is 11.9. The van der Waals surface area contributed by atoms with Crippen molar-refractivity contribution in [2.45, 2.75) is 6.92 Å². The summed E-state index contributed by atoms with van der Waals surface area (Å²) < 4.78 is 14.2. The Hall–Kier alpha value is -2.15. The molecule has 0 saturated carbocycles. The number of halogens is 2. The van der Waals surface area contributed by atoms with Gasteiger partial charge in [-0.1, -0.05) is 6.07 Å². The van der Waals surface area contributed by atoms with Gasteiger partial charge < -0.3 is 15.6 Å². The summed E-state index contributed by atoms with van der Waals surface area (Å²) in [5, 5.41) is 5.28. The zero-order chi connectivity index (χ0) is 16.1. The van der Waals surface area contributed by atoms with E-state index in [1.54, 1.807) is 31.3 Å². The topological polar surface area (TPSA) is 74.0 Å². The van der Waals surface area contributed by atoms with E-state index in [4.69, 9.17) is 0 Å². The van der Waals surface area contributed by atoms with E-state index in [9.17, 15) is 14.0 Å². The number of aryl methyl sites for hydroxylation is 1. The molecule has 0 bridgehead atoms. The summed E-state index contributed by atoms with van der Waals surface area (Å²) >= 11 is 3.24. The number of benzene rings is 1. The lowest BCUT2D eigenvalue weighted by Gasteiger charge is -2.07. The fourth-order valence-electron chi connectivity index (χ4n) is 1.78. The van der Waals surface area contributed by atoms with Crippen LogP contribution in [0.4, 0.5) is 4.39 Å². The van der Waals surface area contributed by atoms with Gasteiger partial charge in [0, 0.05) is 29.3 Å². The van der Waals surface area contributed by atoms with Crippen molar-refractivity contribution < 1.29 is 14.0 Å². The number of nitrogens with one attached hydrogen (secondary N) is 3. The maximum absolute atomic E-state index is 13.4. The summed E-state index contributed by atoms with van der Waals surface area (Å²) in [4.78, 5) is 26.4. The summed E-state index contributed by atoms with van der Waals surface area (Å²) in [6.45, 7) is 2.16. The van der Waals surface area contributed by atoms with Crippen molar-refractivity contribution >= 4 is 27.7 Å². The van der Waals surface area contributed by atoms with Crippen LogP contribution in [0.3, 0.4) is 0 Å². The Bertz CT molecular complexity index is 700. The molecule has 3 N–H and O–H groups in total. The van der Waals surface area contributed by atoms with E-state index in [-0.39, 0.29) is 30.5 Å². The average Bonchev–Trinajstić information content (AvgIpc) is 2.92. The molecule has 0 aliphatic rings. The zero-order valence-corrected chi connectivity index (χ0v) is 13.5. The molecule has 0 saturated heterocycles. The molecule has 1 aromatic carbocycles. The summed E-state index contributed by atoms with van der Waals surface area (Å²) in [6.07, 6.45) is 1.66. The Labute approximate surface area is 135 Å². The highest BCUT2D eigenvalue weighted by atomic mass is 79.9. The molecule has 116 valence electrons. The highest BCUT2D eigenvalue weighted by Crippen LogP contribution is 2.10. The summed E-state index contributed by atoms with van der Waals surface area (Å²) in [7, 11) is 0. The first kappa shape index (κ1) is 16.2. The second-order valence-corrected chi connectivity index (χ2v) is 5.62. The quantitative estimate of drug-likeness (QED) is 0.709. The molecule has 0 atom stereocenters. The minimum Gasteiger partial charge on any atom is -0.356 e. The van der Waals surface area contributed by atoms with Crippen LogP contribution in [0.2, 0.25) is 0 Å². The number of hydrogen-bond donors (Lipinski definition) is 3. The molecule has 1 aromatic heterocycles. The molecule has 7 heteroatoms. The lowest BCUT2D eigenvalue weighted by Crippen LogP contribution is -2.34. The van der Waals surface area contributed by atoms with Gasteiger partial charge in [-0.25, -0.2) is 4.39 Å². The number of rotatable bonds is 5. The van der Waals surface area contributed by atoms with Gasteiger partial charge in [0.05, 0.1) is 0 Å². The maximum Gasteiger partial charge on any atom is 0.267 e. The molecule has 1 heterocycles. The number of aromatic amines is 1. The summed E-state index contributed by atoms with van der Waals surface area (Å²) in [5.74, 6) is -1.06. The van der Waals surface area contributed by atoms with E-state index in [0.717, 1.165) is 4.47 Å². The highest BCUT2D eigenvalue weighted by molar-refractivity contribution is 9.10. The Morgan fingerprint density at radius 2 is 1.86 bits per heavy atom. The Kier molecular flexibility index (Phi) is 5.32. The van der Waals surface area contributed by atoms with Crippen LogP contribution in [0, 0.1) is 12.7 Å². The second-order valence-electron chi connectivity index (χ2n) is 4.71. The van der Waals surface area contributed by atoms with Crippen molar-refractivity contribution in [3.05, 3.63) is 57.6 Å². The average molecular weight is 368 g/mol. The third-order valence-electron chi connectivity index (χ3n) is 3.02. The molecule has 0 radical (unpaired) electrons. The molecular formula is C15H15BrFN3O2. The summed E-state index contributed by atoms with van der Waals surface area (Å²) in [6, 6.07) is 5.96. The van der Waals surface area contributed by atoms with Crippen LogP contribution in [0.1, 0.15) is 26.4 Å². The number of hydrogen-bond acceptors (Lipinski definition) is 2. The van der Waals surface area contributed by atoms with Crippen molar-refractivity contribution in [3.63, 3.8) is 0 Å². The van der Waals surface area contributed by atoms with Crippen LogP contribution in [0.25, 0.3) is 0 Å². The van der Waals surface area contributed by atoms with Crippen molar-refractivity contribution in [1.82, 2.24) is 15.6 Å². The van der Waals surface area contributed by atoms with Crippen LogP contribution >= 0.6 is 15.9 Å². The van der Waals surface area contributed by atoms with E-state index < -0.39 is 5.82 Å². The normalized spacial score (nSPS) is 10.3. The van der Waals surface area contributed by atoms with Crippen LogP contribution in [-0.2, 0) is 0 Å². The van der Waals surface area contributed by atoms with Gasteiger partial charge in [0.2, 0.25) is 0 Å². The number of aromatic nitrogens is 1. The first-order valence-electron chi connectivity index (χ1n) is 6.64. The van der Waals surface area contributed by atoms with Gasteiger partial charge in [0.25, 0.3) is 11.8 Å². The Morgan fingerprint density at radius 1 is 1.18 bits per heavy atom. The van der Waals surface area contributed by atoms with E-state index in [0.29, 0.717) is 11.3 Å². The first-order chi connectivity index (χ1) is 10.5. The molecular weight excluding hydrogens is 353 g/mol. The smallest absolute Gasteiger partial charge is 0.267 e. The molecule has 22 heavy (non-hydrogen) atoms. The molecule has 0 aliphatic heterocycles. The molecule has 5 nitrogen and oxygen atoms in total. The largest absolute Gasteiger partial charge is 0.356 e. The van der Waals surface area contributed by atoms with Crippen LogP contribution in [0.5, 0.6) is 0 Å². The van der Waals surface area contributed by atoms with Gasteiger partial charge in [0.15, 0.2) is 0 Å². The predicted octanol–water partition coefficient (Wildman–Crippen LogP) is 2.38. The van der Waals surface area contributed by atoms with Crippen molar-refractivity contribution in [2.24, 2.45) is 0 Å². The monoisotopic (exact) mass is 367 g/mol. The van der Waals surface area contributed by atoms with E-state index >= 15 is 0 Å². The molecule has 2 rings (SSSR count). The number of carbonyl (C=O) groups excluding carboxylic acids is 2. The minimum atomic E-state index is -0.418. The molecule has 0 unspecified atom stereocenters. The predicted molar refractivity (Wildman–Crippen MR) is 84.3 cm³/mol.